The van der Waals surface area contributed by atoms with Crippen LogP contribution < -0.4 is 4.74 Å². The largest absolute Gasteiger partial charge is 0.492 e. The zero-order chi connectivity index (χ0) is 13.0. The SMILES string of the molecule is CC(=O)c1cccc(OCCn2cc(C)cn2)c1. The number of benzene rings is 1. The topological polar surface area (TPSA) is 44.1 Å². The number of ether oxygens (including phenoxy) is 1. The molecule has 2 aromatic rings. The minimum absolute atomic E-state index is 0.0446. The molecule has 0 aliphatic rings. The second-order valence-corrected chi connectivity index (χ2v) is 4.21. The van der Waals surface area contributed by atoms with Crippen molar-refractivity contribution in [2.24, 2.45) is 0 Å². The number of aromatic nitrogens is 2. The molecule has 0 spiro atoms. The molecule has 0 bridgehead atoms. The molecule has 4 heteroatoms. The normalized spacial score (nSPS) is 10.3. The first kappa shape index (κ1) is 12.4. The van der Waals surface area contributed by atoms with Crippen molar-refractivity contribution in [1.82, 2.24) is 9.78 Å². The summed E-state index contributed by atoms with van der Waals surface area (Å²) in [6, 6.07) is 7.22. The van der Waals surface area contributed by atoms with Gasteiger partial charge in [-0.1, -0.05) is 12.1 Å². The molecule has 0 N–H and O–H groups in total. The second kappa shape index (κ2) is 5.49. The molecule has 0 radical (unpaired) electrons. The standard InChI is InChI=1S/C14H16N2O2/c1-11-9-15-16(10-11)6-7-18-14-5-3-4-13(8-14)12(2)17/h3-5,8-10H,6-7H2,1-2H3. The molecular formula is C14H16N2O2. The molecule has 94 valence electrons. The van der Waals surface area contributed by atoms with Crippen LogP contribution in [0, 0.1) is 6.92 Å². The molecule has 0 amide bonds. The summed E-state index contributed by atoms with van der Waals surface area (Å²) in [5, 5.41) is 4.18. The van der Waals surface area contributed by atoms with Crippen LogP contribution in [0.15, 0.2) is 36.7 Å². The van der Waals surface area contributed by atoms with Crippen molar-refractivity contribution in [3.63, 3.8) is 0 Å². The van der Waals surface area contributed by atoms with E-state index in [1.807, 2.05) is 36.1 Å². The Morgan fingerprint density at radius 1 is 1.44 bits per heavy atom. The van der Waals surface area contributed by atoms with Crippen molar-refractivity contribution in [3.8, 4) is 5.75 Å². The van der Waals surface area contributed by atoms with E-state index in [4.69, 9.17) is 4.74 Å². The van der Waals surface area contributed by atoms with Gasteiger partial charge in [0.05, 0.1) is 12.7 Å². The average Bonchev–Trinajstić information content (AvgIpc) is 2.75. The van der Waals surface area contributed by atoms with Gasteiger partial charge in [0.25, 0.3) is 0 Å². The van der Waals surface area contributed by atoms with Gasteiger partial charge in [-0.15, -0.1) is 0 Å². The Balaban J connectivity index is 1.90. The van der Waals surface area contributed by atoms with Gasteiger partial charge >= 0.3 is 0 Å². The lowest BCUT2D eigenvalue weighted by Crippen LogP contribution is -2.08. The maximum atomic E-state index is 11.2. The number of carbonyl (C=O) groups excluding carboxylic acids is 1. The minimum atomic E-state index is 0.0446. The highest BCUT2D eigenvalue weighted by Gasteiger charge is 2.01. The van der Waals surface area contributed by atoms with E-state index < -0.39 is 0 Å². The van der Waals surface area contributed by atoms with Crippen molar-refractivity contribution >= 4 is 5.78 Å². The molecule has 2 rings (SSSR count). The Kier molecular flexibility index (Phi) is 3.77. The fourth-order valence-corrected chi connectivity index (χ4v) is 1.65. The first-order valence-electron chi connectivity index (χ1n) is 5.88. The summed E-state index contributed by atoms with van der Waals surface area (Å²) in [5.74, 6) is 0.759. The van der Waals surface area contributed by atoms with E-state index in [0.29, 0.717) is 24.5 Å². The van der Waals surface area contributed by atoms with E-state index in [-0.39, 0.29) is 5.78 Å². The zero-order valence-electron chi connectivity index (χ0n) is 10.6. The van der Waals surface area contributed by atoms with Gasteiger partial charge in [0.2, 0.25) is 0 Å². The summed E-state index contributed by atoms with van der Waals surface area (Å²) in [5.41, 5.74) is 1.80. The predicted molar refractivity (Wildman–Crippen MR) is 68.9 cm³/mol. The Labute approximate surface area is 106 Å². The summed E-state index contributed by atoms with van der Waals surface area (Å²) in [6.45, 7) is 4.77. The molecule has 0 aliphatic heterocycles. The number of carbonyl (C=O) groups is 1. The summed E-state index contributed by atoms with van der Waals surface area (Å²) in [6.07, 6.45) is 3.78. The molecular weight excluding hydrogens is 228 g/mol. The zero-order valence-corrected chi connectivity index (χ0v) is 10.6. The first-order chi connectivity index (χ1) is 8.65. The monoisotopic (exact) mass is 244 g/mol. The molecule has 0 unspecified atom stereocenters. The highest BCUT2D eigenvalue weighted by molar-refractivity contribution is 5.94. The maximum Gasteiger partial charge on any atom is 0.159 e. The van der Waals surface area contributed by atoms with Gasteiger partial charge in [-0.25, -0.2) is 0 Å². The fraction of sp³-hybridized carbons (Fsp3) is 0.286. The Morgan fingerprint density at radius 3 is 2.94 bits per heavy atom. The third-order valence-electron chi connectivity index (χ3n) is 2.59. The molecule has 0 saturated carbocycles. The second-order valence-electron chi connectivity index (χ2n) is 4.21. The maximum absolute atomic E-state index is 11.2. The lowest BCUT2D eigenvalue weighted by atomic mass is 10.1. The minimum Gasteiger partial charge on any atom is -0.492 e. The number of ketones is 1. The van der Waals surface area contributed by atoms with Gasteiger partial charge in [0, 0.05) is 11.8 Å². The third-order valence-corrected chi connectivity index (χ3v) is 2.59. The summed E-state index contributed by atoms with van der Waals surface area (Å²) in [7, 11) is 0. The van der Waals surface area contributed by atoms with Crippen LogP contribution in [0.25, 0.3) is 0 Å². The molecule has 1 aromatic carbocycles. The van der Waals surface area contributed by atoms with Crippen molar-refractivity contribution in [3.05, 3.63) is 47.8 Å². The summed E-state index contributed by atoms with van der Waals surface area (Å²) < 4.78 is 7.43. The van der Waals surface area contributed by atoms with Gasteiger partial charge in [-0.05, 0) is 31.5 Å². The number of hydrogen-bond donors (Lipinski definition) is 0. The van der Waals surface area contributed by atoms with E-state index in [1.165, 1.54) is 0 Å². The highest BCUT2D eigenvalue weighted by Crippen LogP contribution is 2.13. The lowest BCUT2D eigenvalue weighted by Gasteiger charge is -2.07. The first-order valence-corrected chi connectivity index (χ1v) is 5.88. The Bertz CT molecular complexity index is 546. The highest BCUT2D eigenvalue weighted by atomic mass is 16.5. The van der Waals surface area contributed by atoms with Crippen LogP contribution in [0.4, 0.5) is 0 Å². The quantitative estimate of drug-likeness (QED) is 0.759. The number of hydrogen-bond acceptors (Lipinski definition) is 3. The van der Waals surface area contributed by atoms with Crippen LogP contribution in [-0.2, 0) is 6.54 Å². The van der Waals surface area contributed by atoms with Crippen LogP contribution in [0.3, 0.4) is 0 Å². The molecule has 0 aliphatic carbocycles. The van der Waals surface area contributed by atoms with Crippen LogP contribution in [0.2, 0.25) is 0 Å². The van der Waals surface area contributed by atoms with Gasteiger partial charge in [0.15, 0.2) is 5.78 Å². The van der Waals surface area contributed by atoms with Crippen LogP contribution in [-0.4, -0.2) is 22.2 Å². The molecule has 1 aromatic heterocycles. The van der Waals surface area contributed by atoms with Crippen LogP contribution >= 0.6 is 0 Å². The van der Waals surface area contributed by atoms with Crippen molar-refractivity contribution in [2.75, 3.05) is 6.61 Å². The number of nitrogens with zero attached hydrogens (tertiary/aromatic N) is 2. The molecule has 1 heterocycles. The molecule has 0 atom stereocenters. The molecule has 0 saturated heterocycles. The number of rotatable bonds is 5. The lowest BCUT2D eigenvalue weighted by molar-refractivity contribution is 0.101. The smallest absolute Gasteiger partial charge is 0.159 e. The van der Waals surface area contributed by atoms with Crippen LogP contribution in [0.5, 0.6) is 5.75 Å². The Morgan fingerprint density at radius 2 is 2.28 bits per heavy atom. The molecule has 0 fully saturated rings. The number of Topliss-reactive ketones (excluding diaryl/α,β-unsaturated/α-hetero) is 1. The number of aryl methyl sites for hydroxylation is 1. The Hall–Kier alpha value is -2.10. The molecule has 18 heavy (non-hydrogen) atoms. The van der Waals surface area contributed by atoms with Gasteiger partial charge in [-0.3, -0.25) is 9.48 Å². The van der Waals surface area contributed by atoms with E-state index in [9.17, 15) is 4.79 Å². The van der Waals surface area contributed by atoms with Gasteiger partial charge in [-0.2, -0.15) is 5.10 Å². The van der Waals surface area contributed by atoms with E-state index >= 15 is 0 Å². The van der Waals surface area contributed by atoms with Gasteiger partial charge in [0.1, 0.15) is 12.4 Å². The van der Waals surface area contributed by atoms with Crippen LogP contribution in [0.1, 0.15) is 22.8 Å². The van der Waals surface area contributed by atoms with E-state index in [1.54, 1.807) is 19.1 Å². The predicted octanol–water partition coefficient (Wildman–Crippen LogP) is 2.47. The molecule has 4 nitrogen and oxygen atoms in total. The third kappa shape index (κ3) is 3.20. The van der Waals surface area contributed by atoms with Crippen molar-refractivity contribution < 1.29 is 9.53 Å². The summed E-state index contributed by atoms with van der Waals surface area (Å²) in [4.78, 5) is 11.2. The van der Waals surface area contributed by atoms with E-state index in [0.717, 1.165) is 5.56 Å². The fourth-order valence-electron chi connectivity index (χ4n) is 1.65. The average molecular weight is 244 g/mol. The van der Waals surface area contributed by atoms with Gasteiger partial charge < -0.3 is 4.74 Å². The van der Waals surface area contributed by atoms with Crippen molar-refractivity contribution in [2.45, 2.75) is 20.4 Å². The van der Waals surface area contributed by atoms with E-state index in [2.05, 4.69) is 5.10 Å². The van der Waals surface area contributed by atoms with Crippen molar-refractivity contribution in [1.29, 1.82) is 0 Å². The summed E-state index contributed by atoms with van der Waals surface area (Å²) >= 11 is 0.